The third kappa shape index (κ3) is 3.05. The van der Waals surface area contributed by atoms with Gasteiger partial charge in [0.1, 0.15) is 11.6 Å². The lowest BCUT2D eigenvalue weighted by Gasteiger charge is -2.16. The van der Waals surface area contributed by atoms with Crippen LogP contribution in [0.4, 0.5) is 4.39 Å². The van der Waals surface area contributed by atoms with Gasteiger partial charge in [-0.2, -0.15) is 0 Å². The molecule has 0 saturated carbocycles. The number of halogens is 1. The monoisotopic (exact) mass is 247 g/mol. The van der Waals surface area contributed by atoms with Crippen molar-refractivity contribution in [2.24, 2.45) is 0 Å². The lowest BCUT2D eigenvalue weighted by Crippen LogP contribution is -2.15. The van der Waals surface area contributed by atoms with Crippen LogP contribution in [-0.2, 0) is 0 Å². The third-order valence-corrected chi connectivity index (χ3v) is 2.65. The highest BCUT2D eigenvalue weighted by Gasteiger charge is 2.15. The van der Waals surface area contributed by atoms with E-state index in [9.17, 15) is 9.50 Å². The summed E-state index contributed by atoms with van der Waals surface area (Å²) in [6, 6.07) is 9.92. The smallest absolute Gasteiger partial charge is 0.137 e. The molecule has 0 aliphatic carbocycles. The Labute approximate surface area is 105 Å². The molecule has 1 unspecified atom stereocenters. The van der Waals surface area contributed by atoms with Gasteiger partial charge in [-0.05, 0) is 23.8 Å². The van der Waals surface area contributed by atoms with Gasteiger partial charge in [0.15, 0.2) is 0 Å². The Morgan fingerprint density at radius 1 is 1.22 bits per heavy atom. The van der Waals surface area contributed by atoms with Crippen molar-refractivity contribution in [3.63, 3.8) is 0 Å². The van der Waals surface area contributed by atoms with E-state index in [1.54, 1.807) is 42.7 Å². The molecule has 0 amide bonds. The molecule has 0 bridgehead atoms. The van der Waals surface area contributed by atoms with Crippen molar-refractivity contribution in [1.29, 1.82) is 0 Å². The highest BCUT2D eigenvalue weighted by Crippen LogP contribution is 2.20. The Kier molecular flexibility index (Phi) is 4.25. The van der Waals surface area contributed by atoms with Crippen LogP contribution in [0.1, 0.15) is 11.5 Å². The molecule has 1 aromatic carbocycles. The van der Waals surface area contributed by atoms with Crippen molar-refractivity contribution in [1.82, 2.24) is 4.98 Å². The molecule has 1 N–H and O–H groups in total. The van der Waals surface area contributed by atoms with Gasteiger partial charge >= 0.3 is 0 Å². The van der Waals surface area contributed by atoms with E-state index in [2.05, 4.69) is 4.98 Å². The van der Waals surface area contributed by atoms with E-state index in [1.807, 2.05) is 0 Å². The second-order valence-corrected chi connectivity index (χ2v) is 3.90. The molecule has 0 radical (unpaired) electrons. The van der Waals surface area contributed by atoms with Crippen molar-refractivity contribution in [2.75, 3.05) is 13.2 Å². The second-order valence-electron chi connectivity index (χ2n) is 3.90. The van der Waals surface area contributed by atoms with Crippen LogP contribution in [-0.4, -0.2) is 23.3 Å². The highest BCUT2D eigenvalue weighted by molar-refractivity contribution is 5.23. The number of aliphatic hydroxyl groups is 1. The number of pyridine rings is 1. The summed E-state index contributed by atoms with van der Waals surface area (Å²) in [6.45, 7) is 0.0460. The minimum absolute atomic E-state index is 0.165. The summed E-state index contributed by atoms with van der Waals surface area (Å²) in [4.78, 5) is 3.92. The van der Waals surface area contributed by atoms with E-state index in [0.29, 0.717) is 11.3 Å². The maximum absolute atomic E-state index is 13.6. The lowest BCUT2D eigenvalue weighted by atomic mass is 10.0. The number of benzene rings is 1. The summed E-state index contributed by atoms with van der Waals surface area (Å²) in [7, 11) is 0. The fraction of sp³-hybridized carbons (Fsp3) is 0.214. The summed E-state index contributed by atoms with van der Waals surface area (Å²) in [5.41, 5.74) is 0.462. The number of nitrogens with zero attached hydrogens (tertiary/aromatic N) is 1. The Morgan fingerprint density at radius 2 is 2.06 bits per heavy atom. The molecule has 3 nitrogen and oxygen atoms in total. The van der Waals surface area contributed by atoms with Gasteiger partial charge in [-0.3, -0.25) is 4.98 Å². The molecular formula is C14H14FNO2. The van der Waals surface area contributed by atoms with Crippen LogP contribution in [0.25, 0.3) is 0 Å². The number of rotatable bonds is 5. The first-order chi connectivity index (χ1) is 8.81. The van der Waals surface area contributed by atoms with E-state index in [0.717, 1.165) is 0 Å². The van der Waals surface area contributed by atoms with Crippen molar-refractivity contribution < 1.29 is 14.2 Å². The van der Waals surface area contributed by atoms with Gasteiger partial charge in [-0.25, -0.2) is 4.39 Å². The van der Waals surface area contributed by atoms with Gasteiger partial charge in [0, 0.05) is 12.1 Å². The number of aliphatic hydroxyl groups excluding tert-OH is 1. The molecule has 0 spiro atoms. The molecular weight excluding hydrogens is 233 g/mol. The van der Waals surface area contributed by atoms with Crippen LogP contribution in [0.15, 0.2) is 48.8 Å². The predicted octanol–water partition coefficient (Wildman–Crippen LogP) is 2.38. The van der Waals surface area contributed by atoms with Gasteiger partial charge in [0.25, 0.3) is 0 Å². The highest BCUT2D eigenvalue weighted by atomic mass is 19.1. The quantitative estimate of drug-likeness (QED) is 0.882. The van der Waals surface area contributed by atoms with E-state index in [1.165, 1.54) is 6.07 Å². The van der Waals surface area contributed by atoms with Gasteiger partial charge in [0.05, 0.1) is 19.4 Å². The molecule has 0 saturated heterocycles. The van der Waals surface area contributed by atoms with E-state index in [-0.39, 0.29) is 24.9 Å². The summed E-state index contributed by atoms with van der Waals surface area (Å²) >= 11 is 0. The Hall–Kier alpha value is -1.94. The molecule has 2 aromatic rings. The normalized spacial score (nSPS) is 12.1. The zero-order valence-corrected chi connectivity index (χ0v) is 9.79. The summed E-state index contributed by atoms with van der Waals surface area (Å²) in [5.74, 6) is -0.106. The Bertz CT molecular complexity index is 490. The van der Waals surface area contributed by atoms with Crippen LogP contribution >= 0.6 is 0 Å². The maximum Gasteiger partial charge on any atom is 0.137 e. The zero-order chi connectivity index (χ0) is 12.8. The van der Waals surface area contributed by atoms with E-state index in [4.69, 9.17) is 4.74 Å². The molecule has 1 atom stereocenters. The van der Waals surface area contributed by atoms with Gasteiger partial charge in [0.2, 0.25) is 0 Å². The molecule has 18 heavy (non-hydrogen) atoms. The Morgan fingerprint density at radius 3 is 2.72 bits per heavy atom. The summed E-state index contributed by atoms with van der Waals surface area (Å²) < 4.78 is 19.1. The minimum atomic E-state index is -0.383. The predicted molar refractivity (Wildman–Crippen MR) is 66.0 cm³/mol. The number of aromatic nitrogens is 1. The van der Waals surface area contributed by atoms with Crippen LogP contribution in [0, 0.1) is 5.82 Å². The molecule has 2 rings (SSSR count). The maximum atomic E-state index is 13.6. The lowest BCUT2D eigenvalue weighted by molar-refractivity contribution is 0.202. The summed E-state index contributed by atoms with van der Waals surface area (Å²) in [6.07, 6.45) is 3.23. The van der Waals surface area contributed by atoms with Crippen molar-refractivity contribution in [3.8, 4) is 5.75 Å². The second kappa shape index (κ2) is 6.12. The number of hydrogen-bond acceptors (Lipinski definition) is 3. The zero-order valence-electron chi connectivity index (χ0n) is 9.79. The molecule has 0 fully saturated rings. The fourth-order valence-electron chi connectivity index (χ4n) is 1.68. The molecule has 0 aliphatic heterocycles. The topological polar surface area (TPSA) is 42.4 Å². The van der Waals surface area contributed by atoms with E-state index >= 15 is 0 Å². The molecule has 0 aliphatic rings. The standard InChI is InChI=1S/C14H14FNO2/c15-14-6-2-1-5-13(14)11(9-17)10-18-12-4-3-7-16-8-12/h1-8,11,17H,9-10H2. The first-order valence-corrected chi connectivity index (χ1v) is 5.69. The molecule has 4 heteroatoms. The molecule has 1 heterocycles. The SMILES string of the molecule is OCC(COc1cccnc1)c1ccccc1F. The number of hydrogen-bond donors (Lipinski definition) is 1. The van der Waals surface area contributed by atoms with Crippen LogP contribution in [0.5, 0.6) is 5.75 Å². The average molecular weight is 247 g/mol. The van der Waals surface area contributed by atoms with Crippen molar-refractivity contribution in [2.45, 2.75) is 5.92 Å². The van der Waals surface area contributed by atoms with Gasteiger partial charge < -0.3 is 9.84 Å². The van der Waals surface area contributed by atoms with Gasteiger partial charge in [-0.15, -0.1) is 0 Å². The largest absolute Gasteiger partial charge is 0.491 e. The average Bonchev–Trinajstić information content (AvgIpc) is 2.42. The summed E-state index contributed by atoms with van der Waals surface area (Å²) in [5, 5.41) is 9.32. The number of ether oxygens (including phenoxy) is 1. The van der Waals surface area contributed by atoms with Crippen molar-refractivity contribution in [3.05, 3.63) is 60.2 Å². The Balaban J connectivity index is 2.04. The van der Waals surface area contributed by atoms with Crippen molar-refractivity contribution >= 4 is 0 Å². The van der Waals surface area contributed by atoms with Gasteiger partial charge in [-0.1, -0.05) is 18.2 Å². The minimum Gasteiger partial charge on any atom is -0.491 e. The van der Waals surface area contributed by atoms with E-state index < -0.39 is 0 Å². The third-order valence-electron chi connectivity index (χ3n) is 2.65. The first-order valence-electron chi connectivity index (χ1n) is 5.69. The van der Waals surface area contributed by atoms with Crippen LogP contribution < -0.4 is 4.74 Å². The fourth-order valence-corrected chi connectivity index (χ4v) is 1.68. The van der Waals surface area contributed by atoms with Crippen LogP contribution in [0.2, 0.25) is 0 Å². The first kappa shape index (κ1) is 12.5. The molecule has 94 valence electrons. The van der Waals surface area contributed by atoms with Crippen LogP contribution in [0.3, 0.4) is 0 Å². The molecule has 1 aromatic heterocycles.